The van der Waals surface area contributed by atoms with Crippen LogP contribution in [-0.2, 0) is 16.0 Å². The molecule has 0 saturated carbocycles. The summed E-state index contributed by atoms with van der Waals surface area (Å²) in [6.45, 7) is 2.20. The summed E-state index contributed by atoms with van der Waals surface area (Å²) in [5.74, 6) is -0.894. The predicted molar refractivity (Wildman–Crippen MR) is 115 cm³/mol. The molecule has 1 heterocycles. The highest BCUT2D eigenvalue weighted by atomic mass is 32.2. The van der Waals surface area contributed by atoms with Crippen molar-refractivity contribution in [3.05, 3.63) is 70.4 Å². The van der Waals surface area contributed by atoms with Gasteiger partial charge in [-0.05, 0) is 30.2 Å². The van der Waals surface area contributed by atoms with E-state index in [1.807, 2.05) is 31.2 Å². The van der Waals surface area contributed by atoms with Crippen LogP contribution in [0.3, 0.4) is 0 Å². The number of nitrogens with one attached hydrogen (secondary N) is 1. The van der Waals surface area contributed by atoms with E-state index in [-0.39, 0.29) is 24.8 Å². The number of hydrogen-bond acceptors (Lipinski definition) is 4. The van der Waals surface area contributed by atoms with Crippen molar-refractivity contribution in [2.24, 2.45) is 0 Å². The van der Waals surface area contributed by atoms with Crippen molar-refractivity contribution in [2.75, 3.05) is 11.9 Å². The second-order valence-electron chi connectivity index (χ2n) is 6.16. The molecule has 0 unspecified atom stereocenters. The van der Waals surface area contributed by atoms with Gasteiger partial charge in [0.15, 0.2) is 0 Å². The van der Waals surface area contributed by atoms with Gasteiger partial charge >= 0.3 is 0 Å². The van der Waals surface area contributed by atoms with Crippen molar-refractivity contribution in [3.63, 3.8) is 0 Å². The summed E-state index contributed by atoms with van der Waals surface area (Å²) in [7, 11) is 0. The van der Waals surface area contributed by atoms with Crippen molar-refractivity contribution in [3.8, 4) is 0 Å². The van der Waals surface area contributed by atoms with E-state index in [0.29, 0.717) is 14.8 Å². The maximum atomic E-state index is 13.8. The lowest BCUT2D eigenvalue weighted by molar-refractivity contribution is -0.122. The molecule has 0 aromatic heterocycles. The number of aryl methyl sites for hydroxylation is 1. The Morgan fingerprint density at radius 1 is 1.21 bits per heavy atom. The van der Waals surface area contributed by atoms with Crippen LogP contribution in [0.15, 0.2) is 53.4 Å². The minimum absolute atomic E-state index is 0.122. The SMILES string of the molecule is CCc1ccccc1NC(=O)CCN1C(=O)/C(=C/c2ccccc2F)SC1=S. The summed E-state index contributed by atoms with van der Waals surface area (Å²) < 4.78 is 14.2. The highest BCUT2D eigenvalue weighted by Crippen LogP contribution is 2.33. The molecule has 2 amide bonds. The van der Waals surface area contributed by atoms with E-state index in [2.05, 4.69) is 5.32 Å². The van der Waals surface area contributed by atoms with Gasteiger partial charge in [-0.1, -0.05) is 67.3 Å². The maximum absolute atomic E-state index is 13.8. The third-order valence-corrected chi connectivity index (χ3v) is 5.68. The van der Waals surface area contributed by atoms with E-state index in [0.717, 1.165) is 29.4 Å². The third kappa shape index (κ3) is 4.66. The molecule has 0 bridgehead atoms. The minimum atomic E-state index is -0.401. The number of carbonyl (C=O) groups excluding carboxylic acids is 2. The Balaban J connectivity index is 1.63. The first-order valence-electron chi connectivity index (χ1n) is 8.87. The van der Waals surface area contributed by atoms with Gasteiger partial charge < -0.3 is 5.32 Å². The zero-order valence-electron chi connectivity index (χ0n) is 15.3. The van der Waals surface area contributed by atoms with E-state index < -0.39 is 5.82 Å². The predicted octanol–water partition coefficient (Wildman–Crippen LogP) is 4.62. The number of benzene rings is 2. The lowest BCUT2D eigenvalue weighted by Crippen LogP contribution is -2.31. The second kappa shape index (κ2) is 9.12. The molecule has 0 atom stereocenters. The molecule has 0 spiro atoms. The van der Waals surface area contributed by atoms with E-state index in [9.17, 15) is 14.0 Å². The number of amides is 2. The van der Waals surface area contributed by atoms with E-state index in [1.165, 1.54) is 17.0 Å². The lowest BCUT2D eigenvalue weighted by atomic mass is 10.1. The average Bonchev–Trinajstić information content (AvgIpc) is 2.95. The first-order chi connectivity index (χ1) is 13.5. The molecule has 0 radical (unpaired) electrons. The molecular formula is C21H19FN2O2S2. The highest BCUT2D eigenvalue weighted by molar-refractivity contribution is 8.26. The number of rotatable bonds is 6. The fourth-order valence-electron chi connectivity index (χ4n) is 2.80. The Bertz CT molecular complexity index is 959. The van der Waals surface area contributed by atoms with Gasteiger partial charge in [-0.2, -0.15) is 0 Å². The highest BCUT2D eigenvalue weighted by Gasteiger charge is 2.32. The van der Waals surface area contributed by atoms with E-state index in [1.54, 1.807) is 18.2 Å². The standard InChI is InChI=1S/C21H19FN2O2S2/c1-2-14-7-4-6-10-17(14)23-19(25)11-12-24-20(26)18(28-21(24)27)13-15-8-3-5-9-16(15)22/h3-10,13H,2,11-12H2,1H3,(H,23,25)/b18-13-. The molecule has 7 heteroatoms. The molecule has 1 aliphatic heterocycles. The smallest absolute Gasteiger partial charge is 0.266 e. The number of carbonyl (C=O) groups is 2. The first-order valence-corrected chi connectivity index (χ1v) is 10.1. The summed E-state index contributed by atoms with van der Waals surface area (Å²) in [6, 6.07) is 13.8. The zero-order chi connectivity index (χ0) is 20.1. The number of halogens is 1. The van der Waals surface area contributed by atoms with Gasteiger partial charge in [-0.3, -0.25) is 14.5 Å². The van der Waals surface area contributed by atoms with Crippen molar-refractivity contribution >= 4 is 51.9 Å². The van der Waals surface area contributed by atoms with Gasteiger partial charge in [0.2, 0.25) is 5.91 Å². The Kier molecular flexibility index (Phi) is 6.59. The molecule has 0 aliphatic carbocycles. The Morgan fingerprint density at radius 3 is 2.68 bits per heavy atom. The number of anilines is 1. The number of hydrogen-bond donors (Lipinski definition) is 1. The van der Waals surface area contributed by atoms with Gasteiger partial charge in [-0.15, -0.1) is 0 Å². The number of para-hydroxylation sites is 1. The van der Waals surface area contributed by atoms with Crippen LogP contribution in [0.2, 0.25) is 0 Å². The molecule has 2 aromatic rings. The average molecular weight is 415 g/mol. The fourth-order valence-corrected chi connectivity index (χ4v) is 4.10. The summed E-state index contributed by atoms with van der Waals surface area (Å²) >= 11 is 6.38. The normalized spacial score (nSPS) is 15.4. The Hall–Kier alpha value is -2.51. The molecule has 2 aromatic carbocycles. The molecule has 3 rings (SSSR count). The zero-order valence-corrected chi connectivity index (χ0v) is 16.9. The molecular weight excluding hydrogens is 395 g/mol. The maximum Gasteiger partial charge on any atom is 0.266 e. The monoisotopic (exact) mass is 414 g/mol. The van der Waals surface area contributed by atoms with Gasteiger partial charge in [0.1, 0.15) is 10.1 Å². The molecule has 1 saturated heterocycles. The van der Waals surface area contributed by atoms with E-state index in [4.69, 9.17) is 12.2 Å². The summed E-state index contributed by atoms with van der Waals surface area (Å²) in [5, 5.41) is 2.88. The van der Waals surface area contributed by atoms with Crippen molar-refractivity contribution in [2.45, 2.75) is 19.8 Å². The van der Waals surface area contributed by atoms with Crippen molar-refractivity contribution in [1.82, 2.24) is 4.90 Å². The molecule has 1 N–H and O–H groups in total. The third-order valence-electron chi connectivity index (χ3n) is 4.30. The van der Waals surface area contributed by atoms with Gasteiger partial charge in [0.25, 0.3) is 5.91 Å². The van der Waals surface area contributed by atoms with Crippen molar-refractivity contribution < 1.29 is 14.0 Å². The number of thiocarbonyl (C=S) groups is 1. The van der Waals surface area contributed by atoms with Gasteiger partial charge in [0, 0.05) is 24.2 Å². The topological polar surface area (TPSA) is 49.4 Å². The summed E-state index contributed by atoms with van der Waals surface area (Å²) in [5.41, 5.74) is 2.16. The first kappa shape index (κ1) is 20.2. The van der Waals surface area contributed by atoms with Crippen LogP contribution in [0.25, 0.3) is 6.08 Å². The second-order valence-corrected chi connectivity index (χ2v) is 7.84. The lowest BCUT2D eigenvalue weighted by Gasteiger charge is -2.15. The molecule has 4 nitrogen and oxygen atoms in total. The van der Waals surface area contributed by atoms with E-state index >= 15 is 0 Å². The Morgan fingerprint density at radius 2 is 1.93 bits per heavy atom. The van der Waals surface area contributed by atoms with Gasteiger partial charge in [-0.25, -0.2) is 4.39 Å². The molecule has 1 fully saturated rings. The van der Waals surface area contributed by atoms with Crippen LogP contribution in [0.4, 0.5) is 10.1 Å². The van der Waals surface area contributed by atoms with Gasteiger partial charge in [0.05, 0.1) is 4.91 Å². The number of thioether (sulfide) groups is 1. The van der Waals surface area contributed by atoms with Crippen LogP contribution >= 0.6 is 24.0 Å². The number of nitrogens with zero attached hydrogens (tertiary/aromatic N) is 1. The largest absolute Gasteiger partial charge is 0.326 e. The molecule has 28 heavy (non-hydrogen) atoms. The summed E-state index contributed by atoms with van der Waals surface area (Å²) in [6.07, 6.45) is 2.43. The quantitative estimate of drug-likeness (QED) is 0.554. The van der Waals surface area contributed by atoms with Crippen LogP contribution in [0, 0.1) is 5.82 Å². The van der Waals surface area contributed by atoms with Crippen LogP contribution in [0.1, 0.15) is 24.5 Å². The van der Waals surface area contributed by atoms with Crippen LogP contribution in [-0.4, -0.2) is 27.6 Å². The van der Waals surface area contributed by atoms with Crippen LogP contribution < -0.4 is 5.32 Å². The molecule has 144 valence electrons. The minimum Gasteiger partial charge on any atom is -0.326 e. The fraction of sp³-hybridized carbons (Fsp3) is 0.190. The summed E-state index contributed by atoms with van der Waals surface area (Å²) in [4.78, 5) is 26.6. The molecule has 1 aliphatic rings. The van der Waals surface area contributed by atoms with Crippen LogP contribution in [0.5, 0.6) is 0 Å². The van der Waals surface area contributed by atoms with Crippen molar-refractivity contribution in [1.29, 1.82) is 0 Å². The Labute approximate surface area is 172 Å².